The van der Waals surface area contributed by atoms with E-state index in [9.17, 15) is 13.7 Å². The standard InChI is InChI=1S/C16H22ClN3O2S/c1-12(2)20-8-6-15(7-9-20)19(3)23(21,22)16-10-14(17)5-4-13(16)11-18/h4-5,10,12,15H,6-9H2,1-3H3. The van der Waals surface area contributed by atoms with Crippen LogP contribution in [0.4, 0.5) is 0 Å². The monoisotopic (exact) mass is 355 g/mol. The number of piperidine rings is 1. The van der Waals surface area contributed by atoms with Crippen LogP contribution in [0.15, 0.2) is 23.1 Å². The van der Waals surface area contributed by atoms with Crippen molar-refractivity contribution in [1.82, 2.24) is 9.21 Å². The van der Waals surface area contributed by atoms with Crippen molar-refractivity contribution >= 4 is 21.6 Å². The maximum Gasteiger partial charge on any atom is 0.244 e. The Kier molecular flexibility index (Phi) is 5.69. The molecule has 0 atom stereocenters. The second-order valence-electron chi connectivity index (χ2n) is 6.13. The number of nitriles is 1. The van der Waals surface area contributed by atoms with Gasteiger partial charge >= 0.3 is 0 Å². The summed E-state index contributed by atoms with van der Waals surface area (Å²) in [6.45, 7) is 6.05. The van der Waals surface area contributed by atoms with Gasteiger partial charge in [-0.15, -0.1) is 0 Å². The van der Waals surface area contributed by atoms with Gasteiger partial charge in [0.25, 0.3) is 0 Å². The molecule has 1 aliphatic rings. The molecule has 1 fully saturated rings. The summed E-state index contributed by atoms with van der Waals surface area (Å²) < 4.78 is 27.2. The summed E-state index contributed by atoms with van der Waals surface area (Å²) in [5.41, 5.74) is 0.126. The topological polar surface area (TPSA) is 64.4 Å². The van der Waals surface area contributed by atoms with Gasteiger partial charge in [0, 0.05) is 24.2 Å². The smallest absolute Gasteiger partial charge is 0.244 e. The van der Waals surface area contributed by atoms with Crippen LogP contribution in [0.25, 0.3) is 0 Å². The Morgan fingerprint density at radius 1 is 1.35 bits per heavy atom. The van der Waals surface area contributed by atoms with Gasteiger partial charge in [0.1, 0.15) is 11.0 Å². The zero-order valence-corrected chi connectivity index (χ0v) is 15.2. The Hall–Kier alpha value is -1.13. The lowest BCUT2D eigenvalue weighted by molar-refractivity contribution is 0.140. The molecule has 0 aliphatic carbocycles. The average Bonchev–Trinajstić information content (AvgIpc) is 2.54. The van der Waals surface area contributed by atoms with Gasteiger partial charge in [-0.05, 0) is 58.0 Å². The van der Waals surface area contributed by atoms with E-state index in [1.54, 1.807) is 7.05 Å². The van der Waals surface area contributed by atoms with Crippen LogP contribution in [0.1, 0.15) is 32.3 Å². The Bertz CT molecular complexity index is 705. The van der Waals surface area contributed by atoms with Gasteiger partial charge < -0.3 is 4.90 Å². The van der Waals surface area contributed by atoms with Crippen molar-refractivity contribution in [2.45, 2.75) is 43.7 Å². The van der Waals surface area contributed by atoms with E-state index in [0.717, 1.165) is 25.9 Å². The minimum absolute atomic E-state index is 0.0127. The third kappa shape index (κ3) is 3.86. The number of hydrogen-bond acceptors (Lipinski definition) is 4. The fraction of sp³-hybridized carbons (Fsp3) is 0.562. The normalized spacial score (nSPS) is 17.6. The molecule has 1 saturated heterocycles. The molecule has 0 bridgehead atoms. The highest BCUT2D eigenvalue weighted by atomic mass is 35.5. The predicted molar refractivity (Wildman–Crippen MR) is 90.8 cm³/mol. The van der Waals surface area contributed by atoms with Gasteiger partial charge in [-0.1, -0.05) is 11.6 Å². The van der Waals surface area contributed by atoms with E-state index in [-0.39, 0.29) is 16.5 Å². The van der Waals surface area contributed by atoms with Crippen LogP contribution in [-0.2, 0) is 10.0 Å². The van der Waals surface area contributed by atoms with Crippen LogP contribution >= 0.6 is 11.6 Å². The summed E-state index contributed by atoms with van der Waals surface area (Å²) in [4.78, 5) is 2.33. The number of hydrogen-bond donors (Lipinski definition) is 0. The van der Waals surface area contributed by atoms with E-state index in [2.05, 4.69) is 18.7 Å². The SMILES string of the molecule is CC(C)N1CCC(N(C)S(=O)(=O)c2cc(Cl)ccc2C#N)CC1. The van der Waals surface area contributed by atoms with Crippen LogP contribution in [0.5, 0.6) is 0 Å². The van der Waals surface area contributed by atoms with Gasteiger partial charge in [0.15, 0.2) is 0 Å². The number of likely N-dealkylation sites (tertiary alicyclic amines) is 1. The highest BCUT2D eigenvalue weighted by Crippen LogP contribution is 2.27. The summed E-state index contributed by atoms with van der Waals surface area (Å²) in [6, 6.07) is 6.68. The van der Waals surface area contributed by atoms with Crippen LogP contribution in [0, 0.1) is 11.3 Å². The second kappa shape index (κ2) is 7.18. The maximum atomic E-state index is 12.9. The van der Waals surface area contributed by atoms with Crippen molar-refractivity contribution in [3.8, 4) is 6.07 Å². The molecular formula is C16H22ClN3O2S. The Balaban J connectivity index is 2.24. The van der Waals surface area contributed by atoms with Crippen molar-refractivity contribution in [2.75, 3.05) is 20.1 Å². The van der Waals surface area contributed by atoms with Gasteiger partial charge in [-0.3, -0.25) is 0 Å². The molecule has 0 radical (unpaired) electrons. The van der Waals surface area contributed by atoms with Gasteiger partial charge in [-0.25, -0.2) is 8.42 Å². The number of halogens is 1. The quantitative estimate of drug-likeness (QED) is 0.833. The van der Waals surface area contributed by atoms with Crippen LogP contribution in [-0.4, -0.2) is 49.8 Å². The minimum atomic E-state index is -3.73. The van der Waals surface area contributed by atoms with Crippen LogP contribution in [0.3, 0.4) is 0 Å². The van der Waals surface area contributed by atoms with Gasteiger partial charge in [-0.2, -0.15) is 9.57 Å². The summed E-state index contributed by atoms with van der Waals surface area (Å²) in [7, 11) is -2.14. The molecule has 5 nitrogen and oxygen atoms in total. The third-order valence-electron chi connectivity index (χ3n) is 4.46. The van der Waals surface area contributed by atoms with Gasteiger partial charge in [0.05, 0.1) is 5.56 Å². The van der Waals surface area contributed by atoms with E-state index in [4.69, 9.17) is 11.6 Å². The number of sulfonamides is 1. The van der Waals surface area contributed by atoms with Gasteiger partial charge in [0.2, 0.25) is 10.0 Å². The Morgan fingerprint density at radius 2 is 1.96 bits per heavy atom. The first-order chi connectivity index (χ1) is 10.8. The van der Waals surface area contributed by atoms with Crippen LogP contribution < -0.4 is 0 Å². The highest BCUT2D eigenvalue weighted by Gasteiger charge is 2.32. The fourth-order valence-electron chi connectivity index (χ4n) is 2.92. The third-order valence-corrected chi connectivity index (χ3v) is 6.65. The van der Waals surface area contributed by atoms with Crippen molar-refractivity contribution in [2.24, 2.45) is 0 Å². The van der Waals surface area contributed by atoms with E-state index < -0.39 is 10.0 Å². The van der Waals surface area contributed by atoms with E-state index in [0.29, 0.717) is 11.1 Å². The lowest BCUT2D eigenvalue weighted by Crippen LogP contribution is -2.47. The minimum Gasteiger partial charge on any atom is -0.301 e. The molecule has 7 heteroatoms. The number of benzene rings is 1. The van der Waals surface area contributed by atoms with Crippen molar-refractivity contribution in [3.63, 3.8) is 0 Å². The number of nitrogens with zero attached hydrogens (tertiary/aromatic N) is 3. The first-order valence-corrected chi connectivity index (χ1v) is 9.51. The molecule has 0 spiro atoms. The lowest BCUT2D eigenvalue weighted by atomic mass is 10.0. The number of rotatable bonds is 4. The molecule has 0 N–H and O–H groups in total. The van der Waals surface area contributed by atoms with Crippen LogP contribution in [0.2, 0.25) is 5.02 Å². The Morgan fingerprint density at radius 3 is 2.48 bits per heavy atom. The van der Waals surface area contributed by atoms with E-state index in [1.807, 2.05) is 6.07 Å². The van der Waals surface area contributed by atoms with Crippen molar-refractivity contribution in [3.05, 3.63) is 28.8 Å². The maximum absolute atomic E-state index is 12.9. The zero-order valence-electron chi connectivity index (χ0n) is 13.7. The average molecular weight is 356 g/mol. The summed E-state index contributed by atoms with van der Waals surface area (Å²) in [5, 5.41) is 9.49. The molecule has 1 heterocycles. The summed E-state index contributed by atoms with van der Waals surface area (Å²) in [5.74, 6) is 0. The van der Waals surface area contributed by atoms with E-state index in [1.165, 1.54) is 22.5 Å². The molecule has 0 amide bonds. The molecule has 0 aromatic heterocycles. The zero-order chi connectivity index (χ0) is 17.2. The molecule has 1 aromatic carbocycles. The molecule has 1 aliphatic heterocycles. The molecular weight excluding hydrogens is 334 g/mol. The molecule has 0 unspecified atom stereocenters. The first-order valence-electron chi connectivity index (χ1n) is 7.69. The molecule has 126 valence electrons. The van der Waals surface area contributed by atoms with E-state index >= 15 is 0 Å². The lowest BCUT2D eigenvalue weighted by Gasteiger charge is -2.38. The van der Waals surface area contributed by atoms with Crippen molar-refractivity contribution < 1.29 is 8.42 Å². The molecule has 0 saturated carbocycles. The second-order valence-corrected chi connectivity index (χ2v) is 8.54. The molecule has 2 rings (SSSR count). The molecule has 1 aromatic rings. The predicted octanol–water partition coefficient (Wildman–Crippen LogP) is 2.70. The largest absolute Gasteiger partial charge is 0.301 e. The molecule has 23 heavy (non-hydrogen) atoms. The summed E-state index contributed by atoms with van der Waals surface area (Å²) in [6.07, 6.45) is 1.58. The van der Waals surface area contributed by atoms with Crippen molar-refractivity contribution in [1.29, 1.82) is 5.26 Å². The summed E-state index contributed by atoms with van der Waals surface area (Å²) >= 11 is 5.93. The fourth-order valence-corrected chi connectivity index (χ4v) is 4.74. The first kappa shape index (κ1) is 18.2. The highest BCUT2D eigenvalue weighted by molar-refractivity contribution is 7.89. The Labute approximate surface area is 143 Å².